The van der Waals surface area contributed by atoms with Gasteiger partial charge < -0.3 is 10.1 Å². The summed E-state index contributed by atoms with van der Waals surface area (Å²) in [7, 11) is 0. The molecule has 1 N–H and O–H groups in total. The van der Waals surface area contributed by atoms with Gasteiger partial charge in [-0.3, -0.25) is 0 Å². The van der Waals surface area contributed by atoms with Gasteiger partial charge in [0.15, 0.2) is 0 Å². The Hall–Kier alpha value is 0.270. The molecule has 2 aliphatic rings. The average molecular weight is 229 g/mol. The van der Waals surface area contributed by atoms with E-state index in [1.54, 1.807) is 0 Å². The van der Waals surface area contributed by atoms with Crippen LogP contribution in [-0.2, 0) is 4.74 Å². The van der Waals surface area contributed by atoms with Crippen molar-refractivity contribution in [3.8, 4) is 0 Å². The Kier molecular flexibility index (Phi) is 4.79. The molecule has 0 amide bonds. The van der Waals surface area contributed by atoms with E-state index in [1.165, 1.54) is 37.9 Å². The highest BCUT2D eigenvalue weighted by atomic mass is 32.2. The first kappa shape index (κ1) is 11.7. The molecular formula is C12H23NOS. The SMILES string of the molecule is CC1SCCC1NCCC1CCCCO1. The van der Waals surface area contributed by atoms with Crippen LogP contribution in [0.3, 0.4) is 0 Å². The summed E-state index contributed by atoms with van der Waals surface area (Å²) in [5, 5.41) is 4.48. The summed E-state index contributed by atoms with van der Waals surface area (Å²) in [5.74, 6) is 1.33. The van der Waals surface area contributed by atoms with Crippen LogP contribution in [0, 0.1) is 0 Å². The van der Waals surface area contributed by atoms with E-state index >= 15 is 0 Å². The third-order valence-electron chi connectivity index (χ3n) is 3.52. The zero-order chi connectivity index (χ0) is 10.5. The van der Waals surface area contributed by atoms with Crippen molar-refractivity contribution in [2.75, 3.05) is 18.9 Å². The maximum atomic E-state index is 5.72. The van der Waals surface area contributed by atoms with Crippen molar-refractivity contribution >= 4 is 11.8 Å². The molecule has 3 heteroatoms. The summed E-state index contributed by atoms with van der Waals surface area (Å²) in [6, 6.07) is 0.749. The van der Waals surface area contributed by atoms with Gasteiger partial charge in [-0.2, -0.15) is 11.8 Å². The standard InChI is InChI=1S/C12H23NOS/c1-10-12(6-9-15-10)13-7-5-11-4-2-3-8-14-11/h10-13H,2-9H2,1H3. The second kappa shape index (κ2) is 6.12. The highest BCUT2D eigenvalue weighted by Gasteiger charge is 2.23. The molecule has 2 rings (SSSR count). The van der Waals surface area contributed by atoms with Gasteiger partial charge in [0.05, 0.1) is 6.10 Å². The van der Waals surface area contributed by atoms with Gasteiger partial charge in [-0.05, 0) is 44.4 Å². The minimum absolute atomic E-state index is 0.538. The smallest absolute Gasteiger partial charge is 0.0587 e. The van der Waals surface area contributed by atoms with E-state index in [9.17, 15) is 0 Å². The molecule has 2 heterocycles. The molecule has 0 aromatic carbocycles. The molecule has 0 bridgehead atoms. The van der Waals surface area contributed by atoms with Gasteiger partial charge in [0, 0.05) is 17.9 Å². The summed E-state index contributed by atoms with van der Waals surface area (Å²) < 4.78 is 5.72. The maximum Gasteiger partial charge on any atom is 0.0587 e. The fourth-order valence-electron chi connectivity index (χ4n) is 2.46. The molecule has 0 aromatic rings. The molecule has 0 saturated carbocycles. The lowest BCUT2D eigenvalue weighted by atomic mass is 10.1. The molecule has 15 heavy (non-hydrogen) atoms. The van der Waals surface area contributed by atoms with E-state index < -0.39 is 0 Å². The van der Waals surface area contributed by atoms with Crippen molar-refractivity contribution in [1.29, 1.82) is 0 Å². The molecule has 0 radical (unpaired) electrons. The van der Waals surface area contributed by atoms with Gasteiger partial charge in [0.2, 0.25) is 0 Å². The van der Waals surface area contributed by atoms with E-state index in [4.69, 9.17) is 4.74 Å². The van der Waals surface area contributed by atoms with Crippen molar-refractivity contribution in [1.82, 2.24) is 5.32 Å². The lowest BCUT2D eigenvalue weighted by molar-refractivity contribution is 0.0112. The van der Waals surface area contributed by atoms with Crippen molar-refractivity contribution in [3.63, 3.8) is 0 Å². The lowest BCUT2D eigenvalue weighted by Crippen LogP contribution is -2.36. The van der Waals surface area contributed by atoms with Crippen molar-refractivity contribution in [2.45, 2.75) is 56.4 Å². The monoisotopic (exact) mass is 229 g/mol. The normalized spacial score (nSPS) is 37.0. The lowest BCUT2D eigenvalue weighted by Gasteiger charge is -2.24. The molecule has 0 spiro atoms. The summed E-state index contributed by atoms with van der Waals surface area (Å²) in [6.07, 6.45) is 6.98. The number of thioether (sulfide) groups is 1. The summed E-state index contributed by atoms with van der Waals surface area (Å²) in [4.78, 5) is 0. The highest BCUT2D eigenvalue weighted by Crippen LogP contribution is 2.26. The van der Waals surface area contributed by atoms with Gasteiger partial charge in [-0.25, -0.2) is 0 Å². The molecule has 88 valence electrons. The van der Waals surface area contributed by atoms with Gasteiger partial charge >= 0.3 is 0 Å². The van der Waals surface area contributed by atoms with Crippen molar-refractivity contribution < 1.29 is 4.74 Å². The van der Waals surface area contributed by atoms with Crippen molar-refractivity contribution in [3.05, 3.63) is 0 Å². The Morgan fingerprint density at radius 2 is 2.27 bits per heavy atom. The van der Waals surface area contributed by atoms with E-state index in [-0.39, 0.29) is 0 Å². The first-order valence-corrected chi connectivity index (χ1v) is 7.38. The van der Waals surface area contributed by atoms with Crippen LogP contribution in [0.15, 0.2) is 0 Å². The minimum atomic E-state index is 0.538. The highest BCUT2D eigenvalue weighted by molar-refractivity contribution is 8.00. The van der Waals surface area contributed by atoms with E-state index in [1.807, 2.05) is 0 Å². The number of hydrogen-bond donors (Lipinski definition) is 1. The van der Waals surface area contributed by atoms with Crippen LogP contribution in [0.1, 0.15) is 39.0 Å². The van der Waals surface area contributed by atoms with E-state index in [2.05, 4.69) is 24.0 Å². The van der Waals surface area contributed by atoms with Gasteiger partial charge in [-0.15, -0.1) is 0 Å². The summed E-state index contributed by atoms with van der Waals surface area (Å²) in [6.45, 7) is 4.47. The van der Waals surface area contributed by atoms with Crippen LogP contribution in [0.25, 0.3) is 0 Å². The summed E-state index contributed by atoms with van der Waals surface area (Å²) >= 11 is 2.10. The Labute approximate surface area is 97.5 Å². The minimum Gasteiger partial charge on any atom is -0.378 e. The summed E-state index contributed by atoms with van der Waals surface area (Å²) in [5.41, 5.74) is 0. The fraction of sp³-hybridized carbons (Fsp3) is 1.00. The molecule has 0 aromatic heterocycles. The predicted octanol–water partition coefficient (Wildman–Crippen LogP) is 2.43. The Morgan fingerprint density at radius 3 is 2.93 bits per heavy atom. The van der Waals surface area contributed by atoms with Crippen LogP contribution in [-0.4, -0.2) is 36.3 Å². The molecular weight excluding hydrogens is 206 g/mol. The Bertz CT molecular complexity index is 182. The largest absolute Gasteiger partial charge is 0.378 e. The topological polar surface area (TPSA) is 21.3 Å². The zero-order valence-corrected chi connectivity index (χ0v) is 10.5. The fourth-order valence-corrected chi connectivity index (χ4v) is 3.69. The molecule has 2 fully saturated rings. The van der Waals surface area contributed by atoms with Gasteiger partial charge in [0.1, 0.15) is 0 Å². The number of ether oxygens (including phenoxy) is 1. The van der Waals surface area contributed by atoms with Gasteiger partial charge in [0.25, 0.3) is 0 Å². The third-order valence-corrected chi connectivity index (χ3v) is 4.85. The molecule has 3 unspecified atom stereocenters. The second-order valence-corrected chi connectivity index (χ2v) is 6.19. The number of nitrogens with one attached hydrogen (secondary N) is 1. The van der Waals surface area contributed by atoms with E-state index in [0.29, 0.717) is 6.10 Å². The van der Waals surface area contributed by atoms with Crippen LogP contribution >= 0.6 is 11.8 Å². The quantitative estimate of drug-likeness (QED) is 0.800. The van der Waals surface area contributed by atoms with Crippen LogP contribution in [0.5, 0.6) is 0 Å². The zero-order valence-electron chi connectivity index (χ0n) is 9.71. The van der Waals surface area contributed by atoms with E-state index in [0.717, 1.165) is 24.4 Å². The van der Waals surface area contributed by atoms with Crippen molar-refractivity contribution in [2.24, 2.45) is 0 Å². The first-order chi connectivity index (χ1) is 7.36. The van der Waals surface area contributed by atoms with Crippen LogP contribution < -0.4 is 5.32 Å². The molecule has 3 atom stereocenters. The molecule has 0 aliphatic carbocycles. The third kappa shape index (κ3) is 3.65. The van der Waals surface area contributed by atoms with Crippen LogP contribution in [0.4, 0.5) is 0 Å². The Balaban J connectivity index is 1.57. The van der Waals surface area contributed by atoms with Gasteiger partial charge in [-0.1, -0.05) is 6.92 Å². The number of hydrogen-bond acceptors (Lipinski definition) is 3. The molecule has 2 saturated heterocycles. The average Bonchev–Trinajstić information content (AvgIpc) is 2.66. The first-order valence-electron chi connectivity index (χ1n) is 6.33. The molecule has 2 aliphatic heterocycles. The predicted molar refractivity (Wildman–Crippen MR) is 66.5 cm³/mol. The van der Waals surface area contributed by atoms with Crippen LogP contribution in [0.2, 0.25) is 0 Å². The maximum absolute atomic E-state index is 5.72. The second-order valence-electron chi connectivity index (χ2n) is 4.70. The number of rotatable bonds is 4. The Morgan fingerprint density at radius 1 is 1.33 bits per heavy atom. The molecule has 2 nitrogen and oxygen atoms in total.